The van der Waals surface area contributed by atoms with Crippen molar-refractivity contribution in [3.8, 4) is 5.75 Å². The van der Waals surface area contributed by atoms with Gasteiger partial charge in [0.15, 0.2) is 5.79 Å². The first-order valence-corrected chi connectivity index (χ1v) is 11.5. The van der Waals surface area contributed by atoms with Crippen molar-refractivity contribution in [2.75, 3.05) is 18.6 Å². The van der Waals surface area contributed by atoms with Crippen LogP contribution in [0.4, 0.5) is 11.4 Å². The molecular formula is C24H23ClN2O8. The molecule has 11 heteroatoms. The summed E-state index contributed by atoms with van der Waals surface area (Å²) in [5.74, 6) is -5.70. The number of carbonyl (C=O) groups excluding carboxylic acids is 2. The molecule has 2 aromatic carbocycles. The monoisotopic (exact) mass is 502 g/mol. The number of hydrogen-bond donors (Lipinski definition) is 2. The maximum atomic E-state index is 13.6. The van der Waals surface area contributed by atoms with E-state index in [1.807, 2.05) is 0 Å². The number of nitro benzene ring substituents is 1. The van der Waals surface area contributed by atoms with Gasteiger partial charge in [0.1, 0.15) is 5.75 Å². The Bertz CT molecular complexity index is 1220. The van der Waals surface area contributed by atoms with Gasteiger partial charge in [0.25, 0.3) is 5.69 Å². The maximum absolute atomic E-state index is 13.6. The molecule has 2 N–H and O–H groups in total. The molecule has 0 unspecified atom stereocenters. The molecule has 2 amide bonds. The minimum atomic E-state index is -1.75. The highest BCUT2D eigenvalue weighted by Crippen LogP contribution is 2.59. The Kier molecular flexibility index (Phi) is 5.79. The Hall–Kier alpha value is -3.05. The van der Waals surface area contributed by atoms with Crippen molar-refractivity contribution >= 4 is 34.8 Å². The molecule has 5 rings (SSSR count). The molecule has 3 fully saturated rings. The first-order valence-electron chi connectivity index (χ1n) is 11.2. The van der Waals surface area contributed by atoms with Crippen molar-refractivity contribution in [2.45, 2.75) is 24.7 Å². The lowest BCUT2D eigenvalue weighted by Gasteiger charge is -2.44. The number of nitrogens with zero attached hydrogens (tertiary/aromatic N) is 2. The van der Waals surface area contributed by atoms with E-state index in [2.05, 4.69) is 0 Å². The van der Waals surface area contributed by atoms with Crippen molar-refractivity contribution in [1.82, 2.24) is 0 Å². The van der Waals surface area contributed by atoms with Crippen LogP contribution in [0, 0.1) is 33.8 Å². The summed E-state index contributed by atoms with van der Waals surface area (Å²) in [5, 5.41) is 32.9. The molecule has 0 bridgehead atoms. The van der Waals surface area contributed by atoms with Gasteiger partial charge in [-0.05, 0) is 36.6 Å². The van der Waals surface area contributed by atoms with Crippen molar-refractivity contribution in [1.29, 1.82) is 0 Å². The smallest absolute Gasteiger partial charge is 0.271 e. The highest BCUT2D eigenvalue weighted by molar-refractivity contribution is 6.31. The number of amides is 2. The topological polar surface area (TPSA) is 139 Å². The summed E-state index contributed by atoms with van der Waals surface area (Å²) >= 11 is 6.33. The summed E-state index contributed by atoms with van der Waals surface area (Å²) in [6, 6.07) is 9.80. The van der Waals surface area contributed by atoms with E-state index >= 15 is 0 Å². The van der Waals surface area contributed by atoms with Gasteiger partial charge in [-0.25, -0.2) is 4.90 Å². The molecule has 2 aromatic rings. The van der Waals surface area contributed by atoms with Crippen LogP contribution in [-0.4, -0.2) is 46.5 Å². The van der Waals surface area contributed by atoms with E-state index in [1.54, 1.807) is 6.07 Å². The number of nitro groups is 1. The molecule has 184 valence electrons. The molecule has 6 atom stereocenters. The highest BCUT2D eigenvalue weighted by Gasteiger charge is 2.67. The van der Waals surface area contributed by atoms with Gasteiger partial charge >= 0.3 is 0 Å². The summed E-state index contributed by atoms with van der Waals surface area (Å²) in [7, 11) is 1.48. The van der Waals surface area contributed by atoms with E-state index in [0.717, 1.165) is 4.90 Å². The number of imide groups is 1. The molecule has 0 aromatic heterocycles. The van der Waals surface area contributed by atoms with Gasteiger partial charge < -0.3 is 19.7 Å². The Morgan fingerprint density at radius 3 is 2.69 bits per heavy atom. The van der Waals surface area contributed by atoms with Crippen LogP contribution >= 0.6 is 11.6 Å². The standard InChI is InChI=1S/C24H23ClN2O8/c1-34-11-12-7-17-21(23(30)26(22(17)29)13-3-2-4-14(8-13)27(32)33)18-10-20(35-24(12,18)31)16-6-5-15(28)9-19(16)25/h2-6,8-9,12,17-18,20-21,28,31H,7,10-11H2,1H3/t12-,17+,18+,20+,21+,24-/m1/s1. The number of hydrogen-bond acceptors (Lipinski definition) is 8. The number of aromatic hydroxyl groups is 1. The van der Waals surface area contributed by atoms with Gasteiger partial charge in [-0.2, -0.15) is 0 Å². The second-order valence-corrected chi connectivity index (χ2v) is 9.62. The van der Waals surface area contributed by atoms with Gasteiger partial charge in [-0.1, -0.05) is 23.7 Å². The number of anilines is 1. The third-order valence-electron chi connectivity index (χ3n) is 7.36. The third kappa shape index (κ3) is 3.68. The largest absolute Gasteiger partial charge is 0.508 e. The SMILES string of the molecule is COC[C@H]1C[C@@H]2C(=O)N(c3cccc([N+](=O)[O-])c3)C(=O)[C@@H]2[C@@H]2C[C@@H](c3ccc(O)cc3Cl)O[C@]12O. The number of methoxy groups -OCH3 is 1. The number of fused-ring (bicyclic) bond motifs is 3. The van der Waals surface area contributed by atoms with Gasteiger partial charge in [0.05, 0.1) is 40.2 Å². The maximum Gasteiger partial charge on any atom is 0.271 e. The number of halogens is 1. The quantitative estimate of drug-likeness (QED) is 0.361. The van der Waals surface area contributed by atoms with Crippen molar-refractivity contribution in [3.05, 3.63) is 63.2 Å². The third-order valence-corrected chi connectivity index (χ3v) is 7.69. The number of rotatable bonds is 5. The lowest BCUT2D eigenvalue weighted by molar-refractivity contribution is -0.384. The van der Waals surface area contributed by atoms with Crippen LogP contribution in [0.1, 0.15) is 24.5 Å². The number of ether oxygens (including phenoxy) is 2. The van der Waals surface area contributed by atoms with Crippen LogP contribution in [0.3, 0.4) is 0 Å². The Morgan fingerprint density at radius 2 is 2.00 bits per heavy atom. The average molecular weight is 503 g/mol. The van der Waals surface area contributed by atoms with Gasteiger partial charge in [0, 0.05) is 31.1 Å². The summed E-state index contributed by atoms with van der Waals surface area (Å²) in [5.41, 5.74) is 0.428. The van der Waals surface area contributed by atoms with Crippen molar-refractivity contribution < 1.29 is 34.2 Å². The minimum absolute atomic E-state index is 0.0191. The zero-order chi connectivity index (χ0) is 25.1. The highest BCUT2D eigenvalue weighted by atomic mass is 35.5. The number of phenols is 1. The Labute approximate surface area is 205 Å². The minimum Gasteiger partial charge on any atom is -0.508 e. The molecule has 1 aliphatic carbocycles. The number of aliphatic hydroxyl groups is 1. The van der Waals surface area contributed by atoms with Crippen molar-refractivity contribution in [2.24, 2.45) is 23.7 Å². The Balaban J connectivity index is 1.53. The number of phenolic OH excluding ortho intramolecular Hbond substituents is 1. The average Bonchev–Trinajstić information content (AvgIpc) is 3.28. The predicted molar refractivity (Wildman–Crippen MR) is 123 cm³/mol. The molecule has 0 spiro atoms. The molecule has 3 aliphatic rings. The van der Waals surface area contributed by atoms with E-state index in [9.17, 15) is 29.9 Å². The first kappa shape index (κ1) is 23.7. The van der Waals surface area contributed by atoms with E-state index in [1.165, 1.54) is 43.5 Å². The predicted octanol–water partition coefficient (Wildman–Crippen LogP) is 3.19. The molecule has 10 nitrogen and oxygen atoms in total. The molecule has 0 radical (unpaired) electrons. The summed E-state index contributed by atoms with van der Waals surface area (Å²) < 4.78 is 11.5. The fraction of sp³-hybridized carbons (Fsp3) is 0.417. The second-order valence-electron chi connectivity index (χ2n) is 9.22. The first-order chi connectivity index (χ1) is 16.7. The lowest BCUT2D eigenvalue weighted by Crippen LogP contribution is -2.54. The van der Waals surface area contributed by atoms with Crippen molar-refractivity contribution in [3.63, 3.8) is 0 Å². The van der Waals surface area contributed by atoms with Crippen LogP contribution in [0.2, 0.25) is 5.02 Å². The number of carbonyl (C=O) groups is 2. The zero-order valence-electron chi connectivity index (χ0n) is 18.7. The molecular weight excluding hydrogens is 480 g/mol. The molecule has 2 saturated heterocycles. The summed E-state index contributed by atoms with van der Waals surface area (Å²) in [4.78, 5) is 38.7. The summed E-state index contributed by atoms with van der Waals surface area (Å²) in [6.07, 6.45) is -0.312. The van der Waals surface area contributed by atoms with Crippen LogP contribution in [0.5, 0.6) is 5.75 Å². The van der Waals surface area contributed by atoms with Crippen LogP contribution < -0.4 is 4.90 Å². The number of benzene rings is 2. The van der Waals surface area contributed by atoms with Gasteiger partial charge in [-0.3, -0.25) is 19.7 Å². The van der Waals surface area contributed by atoms with Crippen LogP contribution in [0.25, 0.3) is 0 Å². The van der Waals surface area contributed by atoms with Crippen LogP contribution in [0.15, 0.2) is 42.5 Å². The van der Waals surface area contributed by atoms with E-state index in [0.29, 0.717) is 5.56 Å². The van der Waals surface area contributed by atoms with Crippen LogP contribution in [-0.2, 0) is 19.1 Å². The normalized spacial score (nSPS) is 32.0. The molecule has 2 heterocycles. The fourth-order valence-electron chi connectivity index (χ4n) is 5.85. The second kappa shape index (κ2) is 8.56. The van der Waals surface area contributed by atoms with Gasteiger partial charge in [-0.15, -0.1) is 0 Å². The van der Waals surface area contributed by atoms with E-state index in [4.69, 9.17) is 21.1 Å². The summed E-state index contributed by atoms with van der Waals surface area (Å²) in [6.45, 7) is 0.102. The molecule has 2 aliphatic heterocycles. The fourth-order valence-corrected chi connectivity index (χ4v) is 6.14. The number of non-ortho nitro benzene ring substituents is 1. The molecule has 1 saturated carbocycles. The van der Waals surface area contributed by atoms with E-state index < -0.39 is 52.3 Å². The van der Waals surface area contributed by atoms with Gasteiger partial charge in [0.2, 0.25) is 11.8 Å². The molecule has 35 heavy (non-hydrogen) atoms. The lowest BCUT2D eigenvalue weighted by atomic mass is 9.64. The zero-order valence-corrected chi connectivity index (χ0v) is 19.4. The Morgan fingerprint density at radius 1 is 1.23 bits per heavy atom. The van der Waals surface area contributed by atoms with E-state index in [-0.39, 0.29) is 41.6 Å².